The predicted molar refractivity (Wildman–Crippen MR) is 108 cm³/mol. The number of carbonyl (C=O) groups is 3. The maximum absolute atomic E-state index is 12.5. The number of nitrogens with zero attached hydrogens (tertiary/aromatic N) is 1. The van der Waals surface area contributed by atoms with Gasteiger partial charge in [0.15, 0.2) is 0 Å². The number of fused-ring (bicyclic) bond motifs is 1. The van der Waals surface area contributed by atoms with Crippen LogP contribution in [-0.4, -0.2) is 27.7 Å². The van der Waals surface area contributed by atoms with Crippen molar-refractivity contribution in [2.24, 2.45) is 0 Å². The first-order valence-electron chi connectivity index (χ1n) is 9.09. The van der Waals surface area contributed by atoms with Gasteiger partial charge in [-0.2, -0.15) is 0 Å². The standard InChI is InChI=1S/C23H18N2O4/c1-14-6-11-19(20(26)12-14)24-21(27)16-9-7-15(8-10-16)13-25-22(28)17-4-2-3-5-18(17)23(25)29/h2-12,26H,13H2,1H3,(H,24,27). The normalized spacial score (nSPS) is 12.8. The Morgan fingerprint density at radius 2 is 1.55 bits per heavy atom. The molecule has 0 aliphatic carbocycles. The lowest BCUT2D eigenvalue weighted by Crippen LogP contribution is -2.29. The van der Waals surface area contributed by atoms with E-state index in [-0.39, 0.29) is 30.0 Å². The molecule has 3 amide bonds. The molecule has 3 aromatic carbocycles. The third-order valence-corrected chi connectivity index (χ3v) is 4.84. The lowest BCUT2D eigenvalue weighted by Gasteiger charge is -2.14. The van der Waals surface area contributed by atoms with Gasteiger partial charge >= 0.3 is 0 Å². The second kappa shape index (κ2) is 7.24. The number of hydrogen-bond acceptors (Lipinski definition) is 4. The average Bonchev–Trinajstić information content (AvgIpc) is 2.96. The number of nitrogens with one attached hydrogen (secondary N) is 1. The SMILES string of the molecule is Cc1ccc(NC(=O)c2ccc(CN3C(=O)c4ccccc4C3=O)cc2)c(O)c1. The van der Waals surface area contributed by atoms with Gasteiger partial charge in [0.05, 0.1) is 23.4 Å². The molecule has 0 atom stereocenters. The number of carbonyl (C=O) groups excluding carboxylic acids is 3. The van der Waals surface area contributed by atoms with Crippen LogP contribution in [0.2, 0.25) is 0 Å². The summed E-state index contributed by atoms with van der Waals surface area (Å²) in [7, 11) is 0. The summed E-state index contributed by atoms with van der Waals surface area (Å²) in [6.07, 6.45) is 0. The highest BCUT2D eigenvalue weighted by Crippen LogP contribution is 2.26. The Morgan fingerprint density at radius 3 is 2.14 bits per heavy atom. The molecule has 0 aromatic heterocycles. The molecule has 1 aliphatic rings. The fourth-order valence-corrected chi connectivity index (χ4v) is 3.27. The zero-order chi connectivity index (χ0) is 20.5. The molecule has 29 heavy (non-hydrogen) atoms. The minimum absolute atomic E-state index is 0.000550. The number of imide groups is 1. The third-order valence-electron chi connectivity index (χ3n) is 4.84. The fourth-order valence-electron chi connectivity index (χ4n) is 3.27. The number of aryl methyl sites for hydroxylation is 1. The number of anilines is 1. The first-order valence-corrected chi connectivity index (χ1v) is 9.09. The van der Waals surface area contributed by atoms with Gasteiger partial charge in [0, 0.05) is 5.56 Å². The number of phenolic OH excluding ortho intramolecular Hbond substituents is 1. The monoisotopic (exact) mass is 386 g/mol. The van der Waals surface area contributed by atoms with Crippen LogP contribution in [0.25, 0.3) is 0 Å². The number of rotatable bonds is 4. The molecule has 4 rings (SSSR count). The first-order chi connectivity index (χ1) is 13.9. The molecule has 144 valence electrons. The van der Waals surface area contributed by atoms with Crippen molar-refractivity contribution in [3.05, 3.63) is 94.5 Å². The number of amides is 3. The van der Waals surface area contributed by atoms with Crippen LogP contribution in [0.3, 0.4) is 0 Å². The van der Waals surface area contributed by atoms with E-state index in [1.165, 1.54) is 4.90 Å². The molecule has 6 nitrogen and oxygen atoms in total. The van der Waals surface area contributed by atoms with Crippen LogP contribution in [0.15, 0.2) is 66.7 Å². The van der Waals surface area contributed by atoms with Crippen LogP contribution in [0.5, 0.6) is 5.75 Å². The van der Waals surface area contributed by atoms with Crippen LogP contribution in [0.1, 0.15) is 42.2 Å². The van der Waals surface area contributed by atoms with Crippen molar-refractivity contribution in [1.29, 1.82) is 0 Å². The molecule has 0 bridgehead atoms. The Balaban J connectivity index is 1.46. The largest absolute Gasteiger partial charge is 0.506 e. The minimum atomic E-state index is -0.364. The molecule has 0 radical (unpaired) electrons. The van der Waals surface area contributed by atoms with Gasteiger partial charge in [-0.05, 0) is 54.4 Å². The maximum Gasteiger partial charge on any atom is 0.261 e. The van der Waals surface area contributed by atoms with Gasteiger partial charge in [0.2, 0.25) is 0 Å². The van der Waals surface area contributed by atoms with Crippen molar-refractivity contribution >= 4 is 23.4 Å². The highest BCUT2D eigenvalue weighted by molar-refractivity contribution is 6.21. The van der Waals surface area contributed by atoms with E-state index >= 15 is 0 Å². The van der Waals surface area contributed by atoms with Crippen LogP contribution < -0.4 is 5.32 Å². The fraction of sp³-hybridized carbons (Fsp3) is 0.0870. The zero-order valence-corrected chi connectivity index (χ0v) is 15.7. The summed E-state index contributed by atoms with van der Waals surface area (Å²) >= 11 is 0. The van der Waals surface area contributed by atoms with Crippen LogP contribution in [0, 0.1) is 6.92 Å². The van der Waals surface area contributed by atoms with Crippen molar-refractivity contribution in [1.82, 2.24) is 4.90 Å². The quantitative estimate of drug-likeness (QED) is 0.528. The maximum atomic E-state index is 12.5. The summed E-state index contributed by atoms with van der Waals surface area (Å²) in [6.45, 7) is 1.98. The van der Waals surface area contributed by atoms with E-state index in [2.05, 4.69) is 5.32 Å². The van der Waals surface area contributed by atoms with Crippen LogP contribution >= 0.6 is 0 Å². The van der Waals surface area contributed by atoms with Crippen LogP contribution in [0.4, 0.5) is 5.69 Å². The lowest BCUT2D eigenvalue weighted by atomic mass is 10.1. The number of aromatic hydroxyl groups is 1. The van der Waals surface area contributed by atoms with Gasteiger partial charge in [0.25, 0.3) is 17.7 Å². The molecule has 0 saturated heterocycles. The molecular formula is C23H18N2O4. The minimum Gasteiger partial charge on any atom is -0.506 e. The van der Waals surface area contributed by atoms with Crippen LogP contribution in [-0.2, 0) is 6.54 Å². The summed E-state index contributed by atoms with van der Waals surface area (Å²) in [5.74, 6) is -0.999. The highest BCUT2D eigenvalue weighted by atomic mass is 16.3. The van der Waals surface area contributed by atoms with Gasteiger partial charge in [-0.3, -0.25) is 19.3 Å². The molecular weight excluding hydrogens is 368 g/mol. The first kappa shape index (κ1) is 18.4. The highest BCUT2D eigenvalue weighted by Gasteiger charge is 2.34. The van der Waals surface area contributed by atoms with E-state index in [1.807, 2.05) is 6.92 Å². The molecule has 2 N–H and O–H groups in total. The molecule has 3 aromatic rings. The van der Waals surface area contributed by atoms with Gasteiger partial charge in [-0.15, -0.1) is 0 Å². The zero-order valence-electron chi connectivity index (χ0n) is 15.7. The Hall–Kier alpha value is -3.93. The summed E-state index contributed by atoms with van der Waals surface area (Å²) in [6, 6.07) is 18.4. The Bertz CT molecular complexity index is 1100. The predicted octanol–water partition coefficient (Wildman–Crippen LogP) is 3.75. The van der Waals surface area contributed by atoms with Crippen molar-refractivity contribution < 1.29 is 19.5 Å². The summed E-state index contributed by atoms with van der Waals surface area (Å²) < 4.78 is 0. The Morgan fingerprint density at radius 1 is 0.931 bits per heavy atom. The van der Waals surface area contributed by atoms with E-state index < -0.39 is 0 Å². The second-order valence-corrected chi connectivity index (χ2v) is 6.91. The molecule has 1 heterocycles. The lowest BCUT2D eigenvalue weighted by molar-refractivity contribution is 0.0642. The molecule has 0 unspecified atom stereocenters. The third kappa shape index (κ3) is 3.48. The van der Waals surface area contributed by atoms with E-state index in [1.54, 1.807) is 66.7 Å². The summed E-state index contributed by atoms with van der Waals surface area (Å²) in [5.41, 5.74) is 3.16. The van der Waals surface area contributed by atoms with E-state index in [0.29, 0.717) is 22.4 Å². The van der Waals surface area contributed by atoms with E-state index in [0.717, 1.165) is 11.1 Å². The molecule has 6 heteroatoms. The van der Waals surface area contributed by atoms with Gasteiger partial charge < -0.3 is 10.4 Å². The number of benzene rings is 3. The van der Waals surface area contributed by atoms with Gasteiger partial charge in [0.1, 0.15) is 5.75 Å². The number of hydrogen-bond donors (Lipinski definition) is 2. The van der Waals surface area contributed by atoms with Crippen molar-refractivity contribution in [3.63, 3.8) is 0 Å². The Labute approximate surface area is 167 Å². The molecule has 0 saturated carbocycles. The van der Waals surface area contributed by atoms with E-state index in [4.69, 9.17) is 0 Å². The topological polar surface area (TPSA) is 86.7 Å². The molecule has 1 aliphatic heterocycles. The Kier molecular flexibility index (Phi) is 4.60. The second-order valence-electron chi connectivity index (χ2n) is 6.91. The van der Waals surface area contributed by atoms with E-state index in [9.17, 15) is 19.5 Å². The number of phenols is 1. The van der Waals surface area contributed by atoms with Gasteiger partial charge in [-0.25, -0.2) is 0 Å². The smallest absolute Gasteiger partial charge is 0.261 e. The molecule has 0 fully saturated rings. The average molecular weight is 386 g/mol. The van der Waals surface area contributed by atoms with Crippen molar-refractivity contribution in [3.8, 4) is 5.75 Å². The molecule has 0 spiro atoms. The van der Waals surface area contributed by atoms with Gasteiger partial charge in [-0.1, -0.05) is 30.3 Å². The summed E-state index contributed by atoms with van der Waals surface area (Å²) in [4.78, 5) is 38.5. The van der Waals surface area contributed by atoms with Crippen molar-refractivity contribution in [2.45, 2.75) is 13.5 Å². The van der Waals surface area contributed by atoms with Crippen molar-refractivity contribution in [2.75, 3.05) is 5.32 Å². The summed E-state index contributed by atoms with van der Waals surface area (Å²) in [5, 5.41) is 12.6.